The lowest BCUT2D eigenvalue weighted by Crippen LogP contribution is -2.42. The number of carbonyl (C=O) groups excluding carboxylic acids is 1. The third kappa shape index (κ3) is 8.02. The molecule has 0 aliphatic heterocycles. The Kier molecular flexibility index (Phi) is 7.11. The predicted molar refractivity (Wildman–Crippen MR) is 86.6 cm³/mol. The fourth-order valence-electron chi connectivity index (χ4n) is 1.88. The second kappa shape index (κ2) is 8.34. The standard InChI is InChI=1S/C15H27N3O2S/c1-6-7-12(8-18-14(19)20-15(3,4)5)17-10-13-9-16-11(2)21-13/h9,12,17H,6-8,10H2,1-5H3,(H,18,19). The van der Waals surface area contributed by atoms with Crippen LogP contribution in [0.25, 0.3) is 0 Å². The van der Waals surface area contributed by atoms with Crippen LogP contribution in [0.2, 0.25) is 0 Å². The van der Waals surface area contributed by atoms with Gasteiger partial charge in [-0.25, -0.2) is 9.78 Å². The summed E-state index contributed by atoms with van der Waals surface area (Å²) in [6.07, 6.45) is 3.61. The van der Waals surface area contributed by atoms with E-state index in [1.807, 2.05) is 33.9 Å². The number of carbonyl (C=O) groups is 1. The second-order valence-corrected chi connectivity index (χ2v) is 7.41. The van der Waals surface area contributed by atoms with Crippen LogP contribution in [0.15, 0.2) is 6.20 Å². The molecule has 120 valence electrons. The van der Waals surface area contributed by atoms with Crippen molar-refractivity contribution < 1.29 is 9.53 Å². The number of aryl methyl sites for hydroxylation is 1. The molecule has 0 aromatic carbocycles. The summed E-state index contributed by atoms with van der Waals surface area (Å²) in [5.41, 5.74) is -0.460. The Bertz CT molecular complexity index is 440. The van der Waals surface area contributed by atoms with Crippen molar-refractivity contribution in [2.75, 3.05) is 6.54 Å². The molecule has 1 aromatic rings. The number of hydrogen-bond acceptors (Lipinski definition) is 5. The van der Waals surface area contributed by atoms with E-state index in [-0.39, 0.29) is 12.1 Å². The van der Waals surface area contributed by atoms with Gasteiger partial charge in [0.1, 0.15) is 5.60 Å². The molecular formula is C15H27N3O2S. The van der Waals surface area contributed by atoms with Crippen molar-refractivity contribution in [1.82, 2.24) is 15.6 Å². The van der Waals surface area contributed by atoms with Gasteiger partial charge >= 0.3 is 6.09 Å². The lowest BCUT2D eigenvalue weighted by Gasteiger charge is -2.22. The van der Waals surface area contributed by atoms with E-state index in [1.54, 1.807) is 11.3 Å². The highest BCUT2D eigenvalue weighted by atomic mass is 32.1. The molecule has 0 aliphatic rings. The summed E-state index contributed by atoms with van der Waals surface area (Å²) >= 11 is 1.69. The predicted octanol–water partition coefficient (Wildman–Crippen LogP) is 3.23. The van der Waals surface area contributed by atoms with Gasteiger partial charge in [0.05, 0.1) is 5.01 Å². The molecule has 0 radical (unpaired) electrons. The SMILES string of the molecule is CCCC(CNC(=O)OC(C)(C)C)NCc1cnc(C)s1. The van der Waals surface area contributed by atoms with E-state index in [1.165, 1.54) is 4.88 Å². The summed E-state index contributed by atoms with van der Waals surface area (Å²) in [5.74, 6) is 0. The monoisotopic (exact) mass is 313 g/mol. The number of nitrogens with one attached hydrogen (secondary N) is 2. The van der Waals surface area contributed by atoms with Gasteiger partial charge in [-0.3, -0.25) is 0 Å². The molecule has 1 unspecified atom stereocenters. The van der Waals surface area contributed by atoms with Crippen molar-refractivity contribution in [3.05, 3.63) is 16.1 Å². The highest BCUT2D eigenvalue weighted by molar-refractivity contribution is 7.11. The first-order valence-corrected chi connectivity index (χ1v) is 8.23. The number of rotatable bonds is 7. The summed E-state index contributed by atoms with van der Waals surface area (Å²) in [6.45, 7) is 11.1. The Balaban J connectivity index is 2.37. The van der Waals surface area contributed by atoms with Crippen LogP contribution in [-0.4, -0.2) is 29.3 Å². The zero-order valence-electron chi connectivity index (χ0n) is 13.7. The first-order chi connectivity index (χ1) is 9.80. The highest BCUT2D eigenvalue weighted by Gasteiger charge is 2.17. The largest absolute Gasteiger partial charge is 0.444 e. The van der Waals surface area contributed by atoms with Gasteiger partial charge in [0, 0.05) is 30.2 Å². The number of thiazole rings is 1. The fraction of sp³-hybridized carbons (Fsp3) is 0.733. The van der Waals surface area contributed by atoms with Crippen molar-refractivity contribution in [2.45, 2.75) is 65.6 Å². The maximum atomic E-state index is 11.7. The van der Waals surface area contributed by atoms with Gasteiger partial charge in [0.15, 0.2) is 0 Å². The zero-order chi connectivity index (χ0) is 15.9. The van der Waals surface area contributed by atoms with Gasteiger partial charge in [0.2, 0.25) is 0 Å². The van der Waals surface area contributed by atoms with Crippen molar-refractivity contribution in [3.8, 4) is 0 Å². The molecule has 0 fully saturated rings. The third-order valence-corrected chi connectivity index (χ3v) is 3.68. The fourth-order valence-corrected chi connectivity index (χ4v) is 2.62. The normalized spacial score (nSPS) is 13.0. The van der Waals surface area contributed by atoms with Gasteiger partial charge in [-0.15, -0.1) is 11.3 Å². The van der Waals surface area contributed by atoms with E-state index in [0.717, 1.165) is 24.4 Å². The lowest BCUT2D eigenvalue weighted by molar-refractivity contribution is 0.0521. The van der Waals surface area contributed by atoms with Crippen LogP contribution in [0.4, 0.5) is 4.79 Å². The maximum Gasteiger partial charge on any atom is 0.407 e. The lowest BCUT2D eigenvalue weighted by atomic mass is 10.1. The second-order valence-electron chi connectivity index (χ2n) is 6.09. The molecule has 0 saturated heterocycles. The minimum atomic E-state index is -0.460. The van der Waals surface area contributed by atoms with Gasteiger partial charge in [-0.2, -0.15) is 0 Å². The smallest absolute Gasteiger partial charge is 0.407 e. The summed E-state index contributed by atoms with van der Waals surface area (Å²) in [4.78, 5) is 17.1. The summed E-state index contributed by atoms with van der Waals surface area (Å²) in [7, 11) is 0. The topological polar surface area (TPSA) is 63.2 Å². The highest BCUT2D eigenvalue weighted by Crippen LogP contribution is 2.11. The number of ether oxygens (including phenoxy) is 1. The number of hydrogen-bond donors (Lipinski definition) is 2. The summed E-state index contributed by atoms with van der Waals surface area (Å²) in [6, 6.07) is 0.241. The van der Waals surface area contributed by atoms with Crippen LogP contribution in [-0.2, 0) is 11.3 Å². The molecule has 0 saturated carbocycles. The van der Waals surface area contributed by atoms with E-state index in [4.69, 9.17) is 4.74 Å². The number of alkyl carbamates (subject to hydrolysis) is 1. The van der Waals surface area contributed by atoms with E-state index >= 15 is 0 Å². The Morgan fingerprint density at radius 2 is 2.19 bits per heavy atom. The molecule has 0 aliphatic carbocycles. The molecular weight excluding hydrogens is 286 g/mol. The van der Waals surface area contributed by atoms with Crippen LogP contribution in [0.3, 0.4) is 0 Å². The zero-order valence-corrected chi connectivity index (χ0v) is 14.5. The molecule has 1 aromatic heterocycles. The average molecular weight is 313 g/mol. The van der Waals surface area contributed by atoms with Gasteiger partial charge in [-0.1, -0.05) is 13.3 Å². The van der Waals surface area contributed by atoms with Crippen molar-refractivity contribution in [3.63, 3.8) is 0 Å². The van der Waals surface area contributed by atoms with Crippen molar-refractivity contribution in [2.24, 2.45) is 0 Å². The summed E-state index contributed by atoms with van der Waals surface area (Å²) in [5, 5.41) is 7.37. The van der Waals surface area contributed by atoms with Crippen LogP contribution in [0.1, 0.15) is 50.4 Å². The average Bonchev–Trinajstić information content (AvgIpc) is 2.76. The van der Waals surface area contributed by atoms with E-state index in [0.29, 0.717) is 6.54 Å². The van der Waals surface area contributed by atoms with E-state index in [9.17, 15) is 4.79 Å². The maximum absolute atomic E-state index is 11.7. The van der Waals surface area contributed by atoms with E-state index in [2.05, 4.69) is 22.5 Å². The Labute approximate surface area is 131 Å². The molecule has 5 nitrogen and oxygen atoms in total. The Morgan fingerprint density at radius 3 is 2.71 bits per heavy atom. The molecule has 1 heterocycles. The minimum Gasteiger partial charge on any atom is -0.444 e. The molecule has 21 heavy (non-hydrogen) atoms. The molecule has 2 N–H and O–H groups in total. The molecule has 1 atom stereocenters. The molecule has 1 amide bonds. The molecule has 0 spiro atoms. The van der Waals surface area contributed by atoms with Crippen LogP contribution in [0.5, 0.6) is 0 Å². The third-order valence-electron chi connectivity index (χ3n) is 2.76. The molecule has 0 bridgehead atoms. The van der Waals surface area contributed by atoms with E-state index < -0.39 is 5.60 Å². The minimum absolute atomic E-state index is 0.241. The van der Waals surface area contributed by atoms with Crippen molar-refractivity contribution >= 4 is 17.4 Å². The number of amides is 1. The first-order valence-electron chi connectivity index (χ1n) is 7.41. The Hall–Kier alpha value is -1.14. The van der Waals surface area contributed by atoms with Crippen LogP contribution < -0.4 is 10.6 Å². The van der Waals surface area contributed by atoms with Gasteiger partial charge in [0.25, 0.3) is 0 Å². The molecule has 6 heteroatoms. The molecule has 1 rings (SSSR count). The van der Waals surface area contributed by atoms with Crippen LogP contribution >= 0.6 is 11.3 Å². The number of nitrogens with zero attached hydrogens (tertiary/aromatic N) is 1. The first kappa shape index (κ1) is 17.9. The van der Waals surface area contributed by atoms with Gasteiger partial charge < -0.3 is 15.4 Å². The van der Waals surface area contributed by atoms with Crippen molar-refractivity contribution in [1.29, 1.82) is 0 Å². The summed E-state index contributed by atoms with van der Waals surface area (Å²) < 4.78 is 5.25. The quantitative estimate of drug-likeness (QED) is 0.811. The Morgan fingerprint density at radius 1 is 1.48 bits per heavy atom. The van der Waals surface area contributed by atoms with Crippen LogP contribution in [0, 0.1) is 6.92 Å². The number of aromatic nitrogens is 1. The van der Waals surface area contributed by atoms with Gasteiger partial charge in [-0.05, 0) is 34.1 Å².